The molecule has 0 aliphatic heterocycles. The van der Waals surface area contributed by atoms with Crippen molar-refractivity contribution in [3.8, 4) is 0 Å². The number of fused-ring (bicyclic) bond motifs is 4. The molecule has 1 heterocycles. The summed E-state index contributed by atoms with van der Waals surface area (Å²) in [6, 6.07) is 17.1. The number of carbonyl (C=O) groups is 3. The first-order valence-electron chi connectivity index (χ1n) is 10.8. The Hall–Kier alpha value is -3.83. The fraction of sp³-hybridized carbons (Fsp3) is 0.111. The second kappa shape index (κ2) is 7.36. The molecule has 2 aliphatic carbocycles. The van der Waals surface area contributed by atoms with Crippen molar-refractivity contribution in [2.24, 2.45) is 0 Å². The molecule has 3 aromatic carbocycles. The van der Waals surface area contributed by atoms with Gasteiger partial charge in [0.25, 0.3) is 5.91 Å². The Bertz CT molecular complexity index is 1540. The fourth-order valence-corrected chi connectivity index (χ4v) is 5.10. The number of amides is 1. The van der Waals surface area contributed by atoms with Crippen LogP contribution >= 0.6 is 11.6 Å². The third-order valence-electron chi connectivity index (χ3n) is 6.40. The number of carbonyl (C=O) groups excluding carboxylic acids is 3. The monoisotopic (exact) mass is 452 g/mol. The Morgan fingerprint density at radius 1 is 0.879 bits per heavy atom. The molecule has 160 valence electrons. The molecule has 33 heavy (non-hydrogen) atoms. The normalized spacial score (nSPS) is 14.1. The van der Waals surface area contributed by atoms with E-state index in [0.717, 1.165) is 30.5 Å². The quantitative estimate of drug-likeness (QED) is 0.389. The lowest BCUT2D eigenvalue weighted by atomic mass is 9.83. The fourth-order valence-electron chi connectivity index (χ4n) is 4.93. The summed E-state index contributed by atoms with van der Waals surface area (Å²) in [5.74, 6) is -0.836. The zero-order chi connectivity index (χ0) is 22.7. The molecule has 0 unspecified atom stereocenters. The van der Waals surface area contributed by atoms with Crippen molar-refractivity contribution in [1.29, 1.82) is 0 Å². The maximum atomic E-state index is 13.6. The van der Waals surface area contributed by atoms with Gasteiger partial charge in [-0.3, -0.25) is 19.4 Å². The van der Waals surface area contributed by atoms with Gasteiger partial charge in [0.15, 0.2) is 11.6 Å². The van der Waals surface area contributed by atoms with Crippen LogP contribution in [0.1, 0.15) is 59.9 Å². The first-order valence-corrected chi connectivity index (χ1v) is 11.1. The molecule has 0 spiro atoms. The highest BCUT2D eigenvalue weighted by atomic mass is 35.5. The number of hydrogen-bond acceptors (Lipinski definition) is 4. The van der Waals surface area contributed by atoms with Gasteiger partial charge in [-0.15, -0.1) is 0 Å². The molecule has 2 aliphatic rings. The van der Waals surface area contributed by atoms with E-state index in [-0.39, 0.29) is 23.0 Å². The SMILES string of the molecule is O=C1c2ccccc2C(=O)c2c(NC(=O)c3c4c(nc5ccc(Cl)cc35)CCC4)cccc21. The number of anilines is 1. The number of rotatable bonds is 2. The standard InChI is InChI=1S/C27H17ClN2O3/c28-14-11-12-21-19(13-14)23(17-7-3-9-20(17)29-21)27(33)30-22-10-4-8-18-24(22)26(32)16-6-2-1-5-15(16)25(18)31/h1-2,4-6,8,10-13H,3,7,9H2,(H,30,33). The minimum Gasteiger partial charge on any atom is -0.321 e. The maximum Gasteiger partial charge on any atom is 0.256 e. The van der Waals surface area contributed by atoms with E-state index in [4.69, 9.17) is 16.6 Å². The average molecular weight is 453 g/mol. The lowest BCUT2D eigenvalue weighted by Gasteiger charge is -2.21. The third kappa shape index (κ3) is 3.00. The van der Waals surface area contributed by atoms with Crippen molar-refractivity contribution < 1.29 is 14.4 Å². The van der Waals surface area contributed by atoms with Crippen molar-refractivity contribution in [3.05, 3.63) is 105 Å². The van der Waals surface area contributed by atoms with Gasteiger partial charge in [0, 0.05) is 32.8 Å². The zero-order valence-corrected chi connectivity index (χ0v) is 18.2. The lowest BCUT2D eigenvalue weighted by molar-refractivity contribution is 0.0978. The predicted octanol–water partition coefficient (Wildman–Crippen LogP) is 5.40. The summed E-state index contributed by atoms with van der Waals surface area (Å²) < 4.78 is 0. The van der Waals surface area contributed by atoms with Crippen LogP contribution < -0.4 is 5.32 Å². The molecule has 0 radical (unpaired) electrons. The van der Waals surface area contributed by atoms with Gasteiger partial charge in [0.05, 0.1) is 22.3 Å². The molecule has 5 nitrogen and oxygen atoms in total. The molecule has 0 saturated carbocycles. The lowest BCUT2D eigenvalue weighted by Crippen LogP contribution is -2.24. The van der Waals surface area contributed by atoms with E-state index in [2.05, 4.69) is 5.32 Å². The molecular weight excluding hydrogens is 436 g/mol. The largest absolute Gasteiger partial charge is 0.321 e. The van der Waals surface area contributed by atoms with E-state index < -0.39 is 0 Å². The number of benzene rings is 3. The van der Waals surface area contributed by atoms with E-state index in [0.29, 0.717) is 43.9 Å². The minimum absolute atomic E-state index is 0.224. The highest BCUT2D eigenvalue weighted by Crippen LogP contribution is 2.35. The van der Waals surface area contributed by atoms with Crippen LogP contribution in [0.4, 0.5) is 5.69 Å². The summed E-state index contributed by atoms with van der Waals surface area (Å²) >= 11 is 6.24. The number of nitrogens with zero attached hydrogens (tertiary/aromatic N) is 1. The van der Waals surface area contributed by atoms with Gasteiger partial charge in [-0.2, -0.15) is 0 Å². The Morgan fingerprint density at radius 2 is 1.64 bits per heavy atom. The van der Waals surface area contributed by atoms with Crippen molar-refractivity contribution in [2.75, 3.05) is 5.32 Å². The van der Waals surface area contributed by atoms with Crippen LogP contribution in [0, 0.1) is 0 Å². The van der Waals surface area contributed by atoms with Crippen molar-refractivity contribution in [3.63, 3.8) is 0 Å². The van der Waals surface area contributed by atoms with Gasteiger partial charge in [0.2, 0.25) is 0 Å². The van der Waals surface area contributed by atoms with Crippen LogP contribution in [-0.4, -0.2) is 22.5 Å². The van der Waals surface area contributed by atoms with Crippen LogP contribution in [0.2, 0.25) is 5.02 Å². The summed E-state index contributed by atoms with van der Waals surface area (Å²) in [5.41, 5.74) is 4.65. The highest BCUT2D eigenvalue weighted by Gasteiger charge is 2.32. The summed E-state index contributed by atoms with van der Waals surface area (Å²) in [7, 11) is 0. The number of hydrogen-bond donors (Lipinski definition) is 1. The molecule has 0 saturated heterocycles. The van der Waals surface area contributed by atoms with Gasteiger partial charge in [-0.05, 0) is 49.1 Å². The first kappa shape index (κ1) is 19.8. The number of halogens is 1. The number of pyridine rings is 1. The summed E-state index contributed by atoms with van der Waals surface area (Å²) in [6.07, 6.45) is 2.50. The molecule has 0 atom stereocenters. The van der Waals surface area contributed by atoms with Crippen LogP contribution in [-0.2, 0) is 12.8 Å². The molecule has 1 aromatic heterocycles. The summed E-state index contributed by atoms with van der Waals surface area (Å²) in [5, 5.41) is 4.12. The van der Waals surface area contributed by atoms with E-state index >= 15 is 0 Å². The topological polar surface area (TPSA) is 76.1 Å². The van der Waals surface area contributed by atoms with Crippen molar-refractivity contribution >= 4 is 45.7 Å². The van der Waals surface area contributed by atoms with Crippen LogP contribution in [0.15, 0.2) is 60.7 Å². The van der Waals surface area contributed by atoms with Gasteiger partial charge in [-0.25, -0.2) is 0 Å². The number of ketones is 2. The van der Waals surface area contributed by atoms with Crippen LogP contribution in [0.3, 0.4) is 0 Å². The molecule has 0 bridgehead atoms. The molecule has 1 N–H and O–H groups in total. The Morgan fingerprint density at radius 3 is 2.45 bits per heavy atom. The number of aryl methyl sites for hydroxylation is 1. The molecule has 6 rings (SSSR count). The Kier molecular flexibility index (Phi) is 4.42. The molecule has 0 fully saturated rings. The van der Waals surface area contributed by atoms with Gasteiger partial charge in [-0.1, -0.05) is 48.0 Å². The maximum absolute atomic E-state index is 13.6. The molecule has 4 aromatic rings. The minimum atomic E-state index is -0.338. The third-order valence-corrected chi connectivity index (χ3v) is 6.64. The zero-order valence-electron chi connectivity index (χ0n) is 17.4. The Labute approximate surface area is 194 Å². The van der Waals surface area contributed by atoms with E-state index in [1.54, 1.807) is 54.6 Å². The van der Waals surface area contributed by atoms with E-state index in [9.17, 15) is 14.4 Å². The average Bonchev–Trinajstić information content (AvgIpc) is 3.29. The summed E-state index contributed by atoms with van der Waals surface area (Å²) in [4.78, 5) is 44.7. The molecule has 1 amide bonds. The number of aromatic nitrogens is 1. The second-order valence-electron chi connectivity index (χ2n) is 8.31. The van der Waals surface area contributed by atoms with Crippen LogP contribution in [0.5, 0.6) is 0 Å². The summed E-state index contributed by atoms with van der Waals surface area (Å²) in [6.45, 7) is 0. The van der Waals surface area contributed by atoms with E-state index in [1.807, 2.05) is 6.07 Å². The number of nitrogens with one attached hydrogen (secondary N) is 1. The molecular formula is C27H17ClN2O3. The van der Waals surface area contributed by atoms with Crippen molar-refractivity contribution in [1.82, 2.24) is 4.98 Å². The second-order valence-corrected chi connectivity index (χ2v) is 8.75. The smallest absolute Gasteiger partial charge is 0.256 e. The van der Waals surface area contributed by atoms with Gasteiger partial charge < -0.3 is 5.32 Å². The predicted molar refractivity (Wildman–Crippen MR) is 126 cm³/mol. The first-order chi connectivity index (χ1) is 16.0. The van der Waals surface area contributed by atoms with Crippen molar-refractivity contribution in [2.45, 2.75) is 19.3 Å². The van der Waals surface area contributed by atoms with Gasteiger partial charge >= 0.3 is 0 Å². The van der Waals surface area contributed by atoms with Crippen LogP contribution in [0.25, 0.3) is 10.9 Å². The van der Waals surface area contributed by atoms with Gasteiger partial charge in [0.1, 0.15) is 0 Å². The Balaban J connectivity index is 1.49. The van der Waals surface area contributed by atoms with E-state index in [1.165, 1.54) is 0 Å². The molecule has 6 heteroatoms. The highest BCUT2D eigenvalue weighted by molar-refractivity contribution is 6.32.